The molecule has 4 heterocycles. The molecule has 0 atom stereocenters. The average molecular weight is 420 g/mol. The topological polar surface area (TPSA) is 93.5 Å². The maximum Gasteiger partial charge on any atom is 0.224 e. The molecule has 0 aliphatic heterocycles. The Labute approximate surface area is 181 Å². The molecule has 4 aromatic heterocycles. The van der Waals surface area contributed by atoms with Gasteiger partial charge in [-0.15, -0.1) is 0 Å². The van der Waals surface area contributed by atoms with Gasteiger partial charge < -0.3 is 19.6 Å². The molecule has 0 aromatic carbocycles. The minimum absolute atomic E-state index is 0.298. The van der Waals surface area contributed by atoms with E-state index in [4.69, 9.17) is 14.7 Å². The number of nitrogens with zero attached hydrogens (tertiary/aromatic N) is 5. The zero-order chi connectivity index (χ0) is 21.5. The van der Waals surface area contributed by atoms with E-state index in [0.29, 0.717) is 24.1 Å². The van der Waals surface area contributed by atoms with E-state index < -0.39 is 0 Å². The van der Waals surface area contributed by atoms with Crippen molar-refractivity contribution in [2.45, 2.75) is 64.6 Å². The van der Waals surface area contributed by atoms with Gasteiger partial charge in [0.1, 0.15) is 17.0 Å². The number of rotatable bonds is 5. The summed E-state index contributed by atoms with van der Waals surface area (Å²) in [5.41, 5.74) is 4.53. The van der Waals surface area contributed by atoms with Crippen molar-refractivity contribution in [1.82, 2.24) is 29.5 Å². The molecule has 1 aliphatic rings. The summed E-state index contributed by atoms with van der Waals surface area (Å²) < 4.78 is 7.64. The number of fused-ring (bicyclic) bond motifs is 2. The Bertz CT molecular complexity index is 1220. The number of aryl methyl sites for hydroxylation is 1. The molecule has 2 N–H and O–H groups in total. The van der Waals surface area contributed by atoms with Crippen molar-refractivity contribution >= 4 is 28.1 Å². The van der Waals surface area contributed by atoms with E-state index >= 15 is 0 Å². The monoisotopic (exact) mass is 419 g/mol. The van der Waals surface area contributed by atoms with Crippen LogP contribution < -0.4 is 5.32 Å². The van der Waals surface area contributed by atoms with E-state index in [-0.39, 0.29) is 0 Å². The van der Waals surface area contributed by atoms with Crippen molar-refractivity contribution < 1.29 is 4.74 Å². The minimum Gasteiger partial charge on any atom is -0.381 e. The second-order valence-corrected chi connectivity index (χ2v) is 8.67. The van der Waals surface area contributed by atoms with Crippen LogP contribution in [0.2, 0.25) is 0 Å². The minimum atomic E-state index is 0.298. The normalized spacial score (nSPS) is 19.5. The molecule has 1 saturated carbocycles. The molecule has 0 radical (unpaired) electrons. The lowest BCUT2D eigenvalue weighted by Crippen LogP contribution is -2.29. The van der Waals surface area contributed by atoms with Gasteiger partial charge in [-0.1, -0.05) is 0 Å². The number of aromatic amines is 1. The third-order valence-electron chi connectivity index (χ3n) is 6.28. The van der Waals surface area contributed by atoms with E-state index in [1.807, 2.05) is 31.5 Å². The zero-order valence-electron chi connectivity index (χ0n) is 18.5. The van der Waals surface area contributed by atoms with E-state index in [9.17, 15) is 0 Å². The van der Waals surface area contributed by atoms with Gasteiger partial charge in [-0.3, -0.25) is 0 Å². The van der Waals surface area contributed by atoms with Crippen molar-refractivity contribution in [3.05, 3.63) is 30.4 Å². The number of nitrogens with one attached hydrogen (secondary N) is 2. The summed E-state index contributed by atoms with van der Waals surface area (Å²) in [5.74, 6) is 1.64. The van der Waals surface area contributed by atoms with Gasteiger partial charge in [-0.2, -0.15) is 4.98 Å². The van der Waals surface area contributed by atoms with Gasteiger partial charge in [0, 0.05) is 42.5 Å². The van der Waals surface area contributed by atoms with E-state index in [0.717, 1.165) is 65.0 Å². The van der Waals surface area contributed by atoms with Gasteiger partial charge in [0.25, 0.3) is 0 Å². The van der Waals surface area contributed by atoms with Crippen LogP contribution in [0.15, 0.2) is 24.5 Å². The number of hydrogen-bond donors (Lipinski definition) is 2. The summed E-state index contributed by atoms with van der Waals surface area (Å²) in [6.07, 6.45) is 8.52. The third-order valence-corrected chi connectivity index (χ3v) is 6.28. The fraction of sp³-hybridized carbons (Fsp3) is 0.478. The predicted molar refractivity (Wildman–Crippen MR) is 122 cm³/mol. The Kier molecular flexibility index (Phi) is 5.09. The maximum absolute atomic E-state index is 5.47. The van der Waals surface area contributed by atoms with E-state index in [2.05, 4.69) is 38.7 Å². The van der Waals surface area contributed by atoms with Crippen LogP contribution in [0, 0.1) is 6.92 Å². The summed E-state index contributed by atoms with van der Waals surface area (Å²) in [5, 5.41) is 4.45. The predicted octanol–water partition coefficient (Wildman–Crippen LogP) is 4.63. The first-order valence-corrected chi connectivity index (χ1v) is 11.0. The first-order valence-electron chi connectivity index (χ1n) is 11.0. The highest BCUT2D eigenvalue weighted by molar-refractivity contribution is 5.93. The fourth-order valence-corrected chi connectivity index (χ4v) is 4.67. The Morgan fingerprint density at radius 3 is 2.68 bits per heavy atom. The molecule has 0 amide bonds. The number of anilines is 1. The lowest BCUT2D eigenvalue weighted by molar-refractivity contribution is 0.0681. The number of hydrogen-bond acceptors (Lipinski definition) is 6. The van der Waals surface area contributed by atoms with Gasteiger partial charge in [0.05, 0.1) is 11.8 Å². The molecule has 0 saturated heterocycles. The number of ether oxygens (including phenoxy) is 1. The van der Waals surface area contributed by atoms with E-state index in [1.165, 1.54) is 0 Å². The highest BCUT2D eigenvalue weighted by Gasteiger charge is 2.22. The first-order chi connectivity index (χ1) is 15.0. The number of methoxy groups -OCH3 is 1. The summed E-state index contributed by atoms with van der Waals surface area (Å²) in [6, 6.07) is 4.74. The second kappa shape index (κ2) is 7.92. The van der Waals surface area contributed by atoms with Crippen molar-refractivity contribution in [3.63, 3.8) is 0 Å². The average Bonchev–Trinajstić information content (AvgIpc) is 3.33. The fourth-order valence-electron chi connectivity index (χ4n) is 4.67. The Morgan fingerprint density at radius 2 is 1.94 bits per heavy atom. The quantitative estimate of drug-likeness (QED) is 0.490. The second-order valence-electron chi connectivity index (χ2n) is 8.67. The van der Waals surface area contributed by atoms with Crippen LogP contribution in [-0.4, -0.2) is 48.7 Å². The lowest BCUT2D eigenvalue weighted by atomic mass is 9.93. The summed E-state index contributed by atoms with van der Waals surface area (Å²) in [6.45, 7) is 6.33. The van der Waals surface area contributed by atoms with Gasteiger partial charge >= 0.3 is 0 Å². The molecule has 0 unspecified atom stereocenters. The molecular formula is C23H29N7O. The summed E-state index contributed by atoms with van der Waals surface area (Å²) >= 11 is 0. The summed E-state index contributed by atoms with van der Waals surface area (Å²) in [7, 11) is 1.79. The molecule has 31 heavy (non-hydrogen) atoms. The number of imidazole rings is 1. The van der Waals surface area contributed by atoms with Crippen LogP contribution in [0.3, 0.4) is 0 Å². The van der Waals surface area contributed by atoms with Crippen LogP contribution in [0.4, 0.5) is 5.95 Å². The van der Waals surface area contributed by atoms with Crippen LogP contribution in [-0.2, 0) is 4.74 Å². The molecule has 0 bridgehead atoms. The Balaban J connectivity index is 1.43. The Morgan fingerprint density at radius 1 is 1.13 bits per heavy atom. The molecule has 5 rings (SSSR count). The SMILES string of the molecule is COC1CCC(Nc2ncc3c(-c4ccc5nc(C)n(C(C)C)c5n4)c[nH]c3n2)CC1. The Hall–Kier alpha value is -3.00. The molecular weight excluding hydrogens is 390 g/mol. The summed E-state index contributed by atoms with van der Waals surface area (Å²) in [4.78, 5) is 22.2. The number of aromatic nitrogens is 6. The van der Waals surface area contributed by atoms with Gasteiger partial charge in [-0.05, 0) is 58.6 Å². The number of pyridine rings is 1. The highest BCUT2D eigenvalue weighted by Crippen LogP contribution is 2.30. The molecule has 8 nitrogen and oxygen atoms in total. The van der Waals surface area contributed by atoms with Gasteiger partial charge in [0.15, 0.2) is 5.65 Å². The largest absolute Gasteiger partial charge is 0.381 e. The highest BCUT2D eigenvalue weighted by atomic mass is 16.5. The van der Waals surface area contributed by atoms with Crippen LogP contribution in [0.5, 0.6) is 0 Å². The molecule has 1 aliphatic carbocycles. The van der Waals surface area contributed by atoms with E-state index in [1.54, 1.807) is 7.11 Å². The molecule has 4 aromatic rings. The van der Waals surface area contributed by atoms with Crippen molar-refractivity contribution in [2.24, 2.45) is 0 Å². The smallest absolute Gasteiger partial charge is 0.224 e. The molecule has 8 heteroatoms. The van der Waals surface area contributed by atoms with Gasteiger partial charge in [0.2, 0.25) is 5.95 Å². The number of H-pyrrole nitrogens is 1. The maximum atomic E-state index is 5.47. The van der Waals surface area contributed by atoms with Crippen molar-refractivity contribution in [2.75, 3.05) is 12.4 Å². The molecule has 1 fully saturated rings. The van der Waals surface area contributed by atoms with Gasteiger partial charge in [-0.25, -0.2) is 15.0 Å². The first kappa shape index (κ1) is 19.9. The lowest BCUT2D eigenvalue weighted by Gasteiger charge is -2.28. The standard InChI is InChI=1S/C23H29N7O/c1-13(2)30-14(3)26-20-10-9-19(28-22(20)30)17-11-24-21-18(17)12-25-23(29-21)27-15-5-7-16(31-4)8-6-15/h9-13,15-16H,5-8H2,1-4H3,(H2,24,25,27,29). The van der Waals surface area contributed by atoms with Crippen LogP contribution >= 0.6 is 0 Å². The van der Waals surface area contributed by atoms with Crippen molar-refractivity contribution in [3.8, 4) is 11.3 Å². The van der Waals surface area contributed by atoms with Crippen LogP contribution in [0.25, 0.3) is 33.5 Å². The van der Waals surface area contributed by atoms with Crippen LogP contribution in [0.1, 0.15) is 51.4 Å². The van der Waals surface area contributed by atoms with Crippen molar-refractivity contribution in [1.29, 1.82) is 0 Å². The molecule has 162 valence electrons. The molecule has 0 spiro atoms. The third kappa shape index (κ3) is 3.65. The zero-order valence-corrected chi connectivity index (χ0v) is 18.5.